The maximum atomic E-state index is 13.8. The SMILES string of the molecule is CC1=C(C(=O)Nc2ccccc2)C(c2ccc(F)cc2)N2C(CC(=O)NCc3ccco3)=CSC2=N1. The number of carbonyl (C=O) groups excluding carboxylic acids is 2. The zero-order valence-corrected chi connectivity index (χ0v) is 20.2. The molecule has 0 fully saturated rings. The van der Waals surface area contributed by atoms with Gasteiger partial charge in [0.05, 0.1) is 36.5 Å². The Bertz CT molecular complexity index is 1370. The Morgan fingerprint density at radius 2 is 1.86 bits per heavy atom. The third-order valence-electron chi connectivity index (χ3n) is 5.84. The van der Waals surface area contributed by atoms with E-state index in [4.69, 9.17) is 4.42 Å². The van der Waals surface area contributed by atoms with Crippen molar-refractivity contribution in [1.29, 1.82) is 0 Å². The Morgan fingerprint density at radius 1 is 1.08 bits per heavy atom. The van der Waals surface area contributed by atoms with Crippen molar-refractivity contribution in [2.24, 2.45) is 4.99 Å². The lowest BCUT2D eigenvalue weighted by Gasteiger charge is -2.36. The first-order valence-corrected chi connectivity index (χ1v) is 12.2. The molecular weight excluding hydrogens is 479 g/mol. The number of furan rings is 1. The van der Waals surface area contributed by atoms with Crippen LogP contribution in [0.15, 0.2) is 105 Å². The molecule has 2 aliphatic heterocycles. The number of carbonyl (C=O) groups is 2. The molecule has 1 atom stereocenters. The van der Waals surface area contributed by atoms with Crippen LogP contribution in [0.3, 0.4) is 0 Å². The van der Waals surface area contributed by atoms with Crippen molar-refractivity contribution < 1.29 is 18.4 Å². The van der Waals surface area contributed by atoms with Crippen molar-refractivity contribution in [2.45, 2.75) is 25.9 Å². The van der Waals surface area contributed by atoms with Crippen LogP contribution in [0.1, 0.15) is 30.7 Å². The number of hydrogen-bond donors (Lipinski definition) is 2. The number of fused-ring (bicyclic) bond motifs is 1. The summed E-state index contributed by atoms with van der Waals surface area (Å²) in [6.07, 6.45) is 1.63. The van der Waals surface area contributed by atoms with E-state index in [1.807, 2.05) is 28.5 Å². The molecule has 36 heavy (non-hydrogen) atoms. The minimum Gasteiger partial charge on any atom is -0.467 e. The number of amidine groups is 1. The van der Waals surface area contributed by atoms with E-state index in [-0.39, 0.29) is 30.6 Å². The Labute approximate surface area is 211 Å². The molecule has 1 unspecified atom stereocenters. The fourth-order valence-electron chi connectivity index (χ4n) is 4.17. The Hall–Kier alpha value is -4.11. The first kappa shape index (κ1) is 23.6. The van der Waals surface area contributed by atoms with Crippen molar-refractivity contribution >= 4 is 34.4 Å². The van der Waals surface area contributed by atoms with Crippen LogP contribution < -0.4 is 10.6 Å². The molecule has 7 nitrogen and oxygen atoms in total. The number of nitrogens with zero attached hydrogens (tertiary/aromatic N) is 2. The van der Waals surface area contributed by atoms with Gasteiger partial charge in [0.15, 0.2) is 5.17 Å². The van der Waals surface area contributed by atoms with Gasteiger partial charge < -0.3 is 20.0 Å². The molecule has 0 spiro atoms. The zero-order chi connectivity index (χ0) is 25.1. The lowest BCUT2D eigenvalue weighted by molar-refractivity contribution is -0.120. The second-order valence-electron chi connectivity index (χ2n) is 8.30. The minimum atomic E-state index is -0.582. The monoisotopic (exact) mass is 502 g/mol. The number of benzene rings is 2. The third kappa shape index (κ3) is 4.96. The van der Waals surface area contributed by atoms with Crippen molar-refractivity contribution in [2.75, 3.05) is 5.32 Å². The van der Waals surface area contributed by atoms with Gasteiger partial charge in [-0.25, -0.2) is 9.38 Å². The molecule has 2 N–H and O–H groups in total. The lowest BCUT2D eigenvalue weighted by atomic mass is 9.93. The van der Waals surface area contributed by atoms with Gasteiger partial charge in [0.1, 0.15) is 11.6 Å². The summed E-state index contributed by atoms with van der Waals surface area (Å²) in [4.78, 5) is 32.9. The maximum absolute atomic E-state index is 13.8. The second kappa shape index (κ2) is 10.2. The van der Waals surface area contributed by atoms with Crippen molar-refractivity contribution in [3.05, 3.63) is 113 Å². The van der Waals surface area contributed by atoms with E-state index in [2.05, 4.69) is 15.6 Å². The molecule has 9 heteroatoms. The number of rotatable bonds is 7. The molecule has 182 valence electrons. The molecule has 0 aliphatic carbocycles. The van der Waals surface area contributed by atoms with Gasteiger partial charge in [-0.3, -0.25) is 9.59 Å². The Morgan fingerprint density at radius 3 is 2.58 bits per heavy atom. The molecule has 0 saturated heterocycles. The number of amides is 2. The Kier molecular flexibility index (Phi) is 6.73. The number of para-hydroxylation sites is 1. The summed E-state index contributed by atoms with van der Waals surface area (Å²) in [5.74, 6) is -0.225. The predicted octanol–water partition coefficient (Wildman–Crippen LogP) is 5.34. The van der Waals surface area contributed by atoms with Gasteiger partial charge in [0.2, 0.25) is 5.91 Å². The summed E-state index contributed by atoms with van der Waals surface area (Å²) in [7, 11) is 0. The van der Waals surface area contributed by atoms with E-state index in [1.165, 1.54) is 23.9 Å². The van der Waals surface area contributed by atoms with E-state index >= 15 is 0 Å². The van der Waals surface area contributed by atoms with Crippen LogP contribution in [0.4, 0.5) is 10.1 Å². The quantitative estimate of drug-likeness (QED) is 0.456. The smallest absolute Gasteiger partial charge is 0.255 e. The highest BCUT2D eigenvalue weighted by Gasteiger charge is 2.40. The van der Waals surface area contributed by atoms with Crippen LogP contribution in [0.5, 0.6) is 0 Å². The summed E-state index contributed by atoms with van der Waals surface area (Å²) < 4.78 is 19.1. The fraction of sp³-hybridized carbons (Fsp3) is 0.148. The van der Waals surface area contributed by atoms with E-state index < -0.39 is 6.04 Å². The lowest BCUT2D eigenvalue weighted by Crippen LogP contribution is -2.38. The molecule has 0 radical (unpaired) electrons. The average molecular weight is 503 g/mol. The van der Waals surface area contributed by atoms with Gasteiger partial charge in [-0.1, -0.05) is 42.1 Å². The molecule has 3 heterocycles. The van der Waals surface area contributed by atoms with Crippen molar-refractivity contribution in [1.82, 2.24) is 10.2 Å². The molecular formula is C27H23FN4O3S. The molecule has 2 amide bonds. The van der Waals surface area contributed by atoms with E-state index in [0.29, 0.717) is 39.1 Å². The summed E-state index contributed by atoms with van der Waals surface area (Å²) in [6.45, 7) is 2.06. The maximum Gasteiger partial charge on any atom is 0.255 e. The number of nitrogens with one attached hydrogen (secondary N) is 2. The number of hydrogen-bond acceptors (Lipinski definition) is 6. The standard InChI is InChI=1S/C27H23FN4O3S/c1-17-24(26(34)31-20-6-3-2-4-7-20)25(18-9-11-19(28)12-10-18)32-21(16-36-27(32)30-17)14-23(33)29-15-22-8-5-13-35-22/h2-13,16,25H,14-15H2,1H3,(H,29,33)(H,31,34). The van der Waals surface area contributed by atoms with Gasteiger partial charge in [-0.15, -0.1) is 0 Å². The molecule has 1 aromatic heterocycles. The minimum absolute atomic E-state index is 0.0804. The number of aliphatic imine (C=N–C) groups is 1. The predicted molar refractivity (Wildman–Crippen MR) is 137 cm³/mol. The number of thioether (sulfide) groups is 1. The van der Waals surface area contributed by atoms with E-state index in [1.54, 1.807) is 49.6 Å². The molecule has 3 aromatic rings. The first-order valence-electron chi connectivity index (χ1n) is 11.3. The van der Waals surface area contributed by atoms with Crippen molar-refractivity contribution in [3.63, 3.8) is 0 Å². The van der Waals surface area contributed by atoms with Gasteiger partial charge in [-0.2, -0.15) is 0 Å². The fourth-order valence-corrected chi connectivity index (χ4v) is 5.13. The summed E-state index contributed by atoms with van der Waals surface area (Å²) >= 11 is 1.39. The number of halogens is 1. The highest BCUT2D eigenvalue weighted by Crippen LogP contribution is 2.44. The molecule has 5 rings (SSSR count). The van der Waals surface area contributed by atoms with Crippen LogP contribution in [0, 0.1) is 5.82 Å². The first-order chi connectivity index (χ1) is 17.5. The second-order valence-corrected chi connectivity index (χ2v) is 9.13. The largest absolute Gasteiger partial charge is 0.467 e. The van der Waals surface area contributed by atoms with E-state index in [0.717, 1.165) is 0 Å². The highest BCUT2D eigenvalue weighted by atomic mass is 32.2. The van der Waals surface area contributed by atoms with Crippen LogP contribution in [-0.4, -0.2) is 21.9 Å². The topological polar surface area (TPSA) is 86.9 Å². The molecule has 2 aromatic carbocycles. The summed E-state index contributed by atoms with van der Waals surface area (Å²) in [6, 6.07) is 18.2. The molecule has 0 saturated carbocycles. The highest BCUT2D eigenvalue weighted by molar-refractivity contribution is 8.16. The van der Waals surface area contributed by atoms with Crippen LogP contribution in [0.25, 0.3) is 0 Å². The van der Waals surface area contributed by atoms with Crippen LogP contribution in [-0.2, 0) is 16.1 Å². The van der Waals surface area contributed by atoms with Gasteiger partial charge >= 0.3 is 0 Å². The Balaban J connectivity index is 1.44. The van der Waals surface area contributed by atoms with Crippen LogP contribution in [0.2, 0.25) is 0 Å². The molecule has 2 aliphatic rings. The van der Waals surface area contributed by atoms with E-state index in [9.17, 15) is 14.0 Å². The average Bonchev–Trinajstić information content (AvgIpc) is 3.53. The third-order valence-corrected chi connectivity index (χ3v) is 6.73. The zero-order valence-electron chi connectivity index (χ0n) is 19.4. The molecule has 0 bridgehead atoms. The summed E-state index contributed by atoms with van der Waals surface area (Å²) in [5.41, 5.74) is 3.06. The number of anilines is 1. The number of allylic oxidation sites excluding steroid dienone is 1. The van der Waals surface area contributed by atoms with Gasteiger partial charge in [-0.05, 0) is 54.3 Å². The van der Waals surface area contributed by atoms with Crippen LogP contribution >= 0.6 is 11.8 Å². The van der Waals surface area contributed by atoms with Gasteiger partial charge in [0.25, 0.3) is 5.91 Å². The van der Waals surface area contributed by atoms with Gasteiger partial charge in [0, 0.05) is 11.4 Å². The van der Waals surface area contributed by atoms with Crippen molar-refractivity contribution in [3.8, 4) is 0 Å². The normalized spacial score (nSPS) is 16.8. The summed E-state index contributed by atoms with van der Waals surface area (Å²) in [5, 5.41) is 8.32.